The van der Waals surface area contributed by atoms with Crippen molar-refractivity contribution in [1.29, 1.82) is 5.26 Å². The van der Waals surface area contributed by atoms with Crippen molar-refractivity contribution in [2.75, 3.05) is 26.0 Å². The highest BCUT2D eigenvalue weighted by Crippen LogP contribution is 2.24. The van der Waals surface area contributed by atoms with E-state index >= 15 is 0 Å². The number of rotatable bonds is 6. The lowest BCUT2D eigenvalue weighted by Crippen LogP contribution is -2.28. The van der Waals surface area contributed by atoms with Gasteiger partial charge in [-0.2, -0.15) is 10.2 Å². The number of ether oxygens (including phenoxy) is 1. The van der Waals surface area contributed by atoms with Crippen LogP contribution < -0.4 is 10.1 Å². The van der Waals surface area contributed by atoms with Crippen molar-refractivity contribution in [3.63, 3.8) is 0 Å². The molecule has 138 valence electrons. The van der Waals surface area contributed by atoms with Gasteiger partial charge in [0.25, 0.3) is 5.88 Å². The van der Waals surface area contributed by atoms with Gasteiger partial charge in [-0.15, -0.1) is 0 Å². The van der Waals surface area contributed by atoms with E-state index in [4.69, 9.17) is 4.74 Å². The lowest BCUT2D eigenvalue weighted by molar-refractivity contribution is 0.169. The maximum absolute atomic E-state index is 9.26. The van der Waals surface area contributed by atoms with Gasteiger partial charge in [-0.25, -0.2) is 9.97 Å². The maximum atomic E-state index is 9.26. The fourth-order valence-corrected chi connectivity index (χ4v) is 3.33. The summed E-state index contributed by atoms with van der Waals surface area (Å²) in [7, 11) is 3.92. The lowest BCUT2D eigenvalue weighted by atomic mass is 10.2. The Morgan fingerprint density at radius 3 is 2.81 bits per heavy atom. The number of aromatic nitrogens is 3. The van der Waals surface area contributed by atoms with E-state index in [9.17, 15) is 5.26 Å². The minimum atomic E-state index is -0.127. The summed E-state index contributed by atoms with van der Waals surface area (Å²) in [4.78, 5) is 15.0. The molecule has 0 unspecified atom stereocenters. The Labute approximate surface area is 171 Å². The minimum absolute atomic E-state index is 0.127. The van der Waals surface area contributed by atoms with E-state index in [2.05, 4.69) is 42.9 Å². The summed E-state index contributed by atoms with van der Waals surface area (Å²) in [5.74, 6) is 1.33. The Morgan fingerprint density at radius 1 is 1.26 bits per heavy atom. The standard InChI is InChI=1S/C19H19IN6O/c1-12(11-26(2)3)27-19-16(8-21)22-10-18(25-19)24-17-7-13-5-4-6-15(20)14(13)9-23-17/h4-7,9-10,12H,11H2,1-3H3,(H,23,24,25)/t12-/m1/s1. The van der Waals surface area contributed by atoms with Gasteiger partial charge in [0.05, 0.1) is 6.20 Å². The fraction of sp³-hybridized carbons (Fsp3) is 0.263. The number of hydrogen-bond acceptors (Lipinski definition) is 7. The van der Waals surface area contributed by atoms with Gasteiger partial charge in [-0.05, 0) is 61.1 Å². The molecule has 0 aliphatic rings. The third-order valence-electron chi connectivity index (χ3n) is 3.75. The molecule has 0 radical (unpaired) electrons. The van der Waals surface area contributed by atoms with E-state index < -0.39 is 0 Å². The molecular weight excluding hydrogens is 455 g/mol. The van der Waals surface area contributed by atoms with Gasteiger partial charge in [0.1, 0.15) is 18.0 Å². The molecule has 2 heterocycles. The molecule has 7 nitrogen and oxygen atoms in total. The van der Waals surface area contributed by atoms with Crippen LogP contribution in [0, 0.1) is 14.9 Å². The topological polar surface area (TPSA) is 87.0 Å². The van der Waals surface area contributed by atoms with Crippen LogP contribution in [0.3, 0.4) is 0 Å². The molecule has 8 heteroatoms. The van der Waals surface area contributed by atoms with Crippen LogP contribution in [-0.4, -0.2) is 46.6 Å². The molecule has 1 aromatic carbocycles. The fourth-order valence-electron chi connectivity index (χ4n) is 2.67. The van der Waals surface area contributed by atoms with Crippen LogP contribution in [0.2, 0.25) is 0 Å². The number of nitrogens with one attached hydrogen (secondary N) is 1. The molecule has 0 saturated heterocycles. The van der Waals surface area contributed by atoms with Gasteiger partial charge >= 0.3 is 0 Å². The molecule has 3 aromatic rings. The van der Waals surface area contributed by atoms with Crippen molar-refractivity contribution in [2.45, 2.75) is 13.0 Å². The molecule has 3 rings (SSSR count). The minimum Gasteiger partial charge on any atom is -0.471 e. The molecule has 2 aromatic heterocycles. The first-order valence-electron chi connectivity index (χ1n) is 8.36. The zero-order valence-corrected chi connectivity index (χ0v) is 17.4. The van der Waals surface area contributed by atoms with Crippen LogP contribution in [0.1, 0.15) is 12.6 Å². The number of hydrogen-bond donors (Lipinski definition) is 1. The summed E-state index contributed by atoms with van der Waals surface area (Å²) in [6.45, 7) is 2.63. The van der Waals surface area contributed by atoms with Crippen molar-refractivity contribution < 1.29 is 4.74 Å². The van der Waals surface area contributed by atoms with Crippen LogP contribution in [0.5, 0.6) is 5.88 Å². The molecule has 0 aliphatic heterocycles. The van der Waals surface area contributed by atoms with Gasteiger partial charge in [-0.1, -0.05) is 12.1 Å². The van der Waals surface area contributed by atoms with Crippen molar-refractivity contribution in [3.05, 3.63) is 45.9 Å². The van der Waals surface area contributed by atoms with E-state index in [0.29, 0.717) is 18.2 Å². The summed E-state index contributed by atoms with van der Waals surface area (Å²) in [6, 6.07) is 10.1. The number of halogens is 1. The largest absolute Gasteiger partial charge is 0.471 e. The highest BCUT2D eigenvalue weighted by Gasteiger charge is 2.14. The molecular formula is C19H19IN6O. The van der Waals surface area contributed by atoms with Crippen molar-refractivity contribution >= 4 is 45.0 Å². The van der Waals surface area contributed by atoms with Crippen molar-refractivity contribution in [3.8, 4) is 11.9 Å². The van der Waals surface area contributed by atoms with Gasteiger partial charge in [-0.3, -0.25) is 0 Å². The van der Waals surface area contributed by atoms with E-state index in [1.54, 1.807) is 0 Å². The summed E-state index contributed by atoms with van der Waals surface area (Å²) in [6.07, 6.45) is 3.20. The van der Waals surface area contributed by atoms with E-state index in [-0.39, 0.29) is 17.7 Å². The monoisotopic (exact) mass is 474 g/mol. The zero-order chi connectivity index (χ0) is 19.4. The van der Waals surface area contributed by atoms with Crippen LogP contribution in [0.15, 0.2) is 36.7 Å². The Morgan fingerprint density at radius 2 is 2.07 bits per heavy atom. The quantitative estimate of drug-likeness (QED) is 0.547. The summed E-state index contributed by atoms with van der Waals surface area (Å²) < 4.78 is 6.96. The van der Waals surface area contributed by atoms with Crippen molar-refractivity contribution in [1.82, 2.24) is 19.9 Å². The lowest BCUT2D eigenvalue weighted by Gasteiger charge is -2.18. The smallest absolute Gasteiger partial charge is 0.253 e. The third-order valence-corrected chi connectivity index (χ3v) is 4.69. The first kappa shape index (κ1) is 19.3. The van der Waals surface area contributed by atoms with Gasteiger partial charge < -0.3 is 15.0 Å². The molecule has 0 fully saturated rings. The second kappa shape index (κ2) is 8.45. The Hall–Kier alpha value is -2.51. The van der Waals surface area contributed by atoms with Gasteiger partial charge in [0, 0.05) is 21.7 Å². The number of fused-ring (bicyclic) bond motifs is 1. The number of anilines is 2. The predicted molar refractivity (Wildman–Crippen MR) is 113 cm³/mol. The second-order valence-electron chi connectivity index (χ2n) is 6.37. The molecule has 0 spiro atoms. The highest BCUT2D eigenvalue weighted by atomic mass is 127. The number of nitrogens with zero attached hydrogens (tertiary/aromatic N) is 5. The Kier molecular flexibility index (Phi) is 6.03. The van der Waals surface area contributed by atoms with Crippen LogP contribution in [0.25, 0.3) is 10.8 Å². The summed E-state index contributed by atoms with van der Waals surface area (Å²) >= 11 is 2.29. The molecule has 1 N–H and O–H groups in total. The highest BCUT2D eigenvalue weighted by molar-refractivity contribution is 14.1. The second-order valence-corrected chi connectivity index (χ2v) is 7.53. The Bertz CT molecular complexity index is 1000. The van der Waals surface area contributed by atoms with Crippen LogP contribution in [-0.2, 0) is 0 Å². The summed E-state index contributed by atoms with van der Waals surface area (Å²) in [5, 5.41) is 14.6. The number of benzene rings is 1. The van der Waals surface area contributed by atoms with E-state index in [0.717, 1.165) is 14.3 Å². The molecule has 0 saturated carbocycles. The zero-order valence-electron chi connectivity index (χ0n) is 15.3. The molecule has 0 amide bonds. The third kappa shape index (κ3) is 4.81. The number of pyridine rings is 1. The Balaban J connectivity index is 1.85. The molecule has 1 atom stereocenters. The maximum Gasteiger partial charge on any atom is 0.253 e. The summed E-state index contributed by atoms with van der Waals surface area (Å²) in [5.41, 5.74) is 0.159. The van der Waals surface area contributed by atoms with Gasteiger partial charge in [0.15, 0.2) is 5.82 Å². The first-order chi connectivity index (χ1) is 13.0. The number of nitriles is 1. The predicted octanol–water partition coefficient (Wildman–Crippen LogP) is 3.57. The molecule has 27 heavy (non-hydrogen) atoms. The number of likely N-dealkylation sites (N-methyl/N-ethyl adjacent to an activating group) is 1. The SMILES string of the molecule is C[C@H](CN(C)C)Oc1nc(Nc2cc3cccc(I)c3cn2)cnc1C#N. The average Bonchev–Trinajstić information content (AvgIpc) is 2.61. The van der Waals surface area contributed by atoms with Crippen LogP contribution >= 0.6 is 22.6 Å². The average molecular weight is 474 g/mol. The van der Waals surface area contributed by atoms with Crippen molar-refractivity contribution in [2.24, 2.45) is 0 Å². The normalized spacial score (nSPS) is 12.0. The van der Waals surface area contributed by atoms with Gasteiger partial charge in [0.2, 0.25) is 5.69 Å². The van der Waals surface area contributed by atoms with Crippen LogP contribution in [0.4, 0.5) is 11.6 Å². The van der Waals surface area contributed by atoms with E-state index in [1.165, 1.54) is 6.20 Å². The molecule has 0 aliphatic carbocycles. The molecule has 0 bridgehead atoms. The first-order valence-corrected chi connectivity index (χ1v) is 9.44. The van der Waals surface area contributed by atoms with E-state index in [1.807, 2.05) is 62.5 Å².